The van der Waals surface area contributed by atoms with Crippen molar-refractivity contribution in [3.8, 4) is 0 Å². The number of allylic oxidation sites excluding steroid dienone is 1. The third-order valence-electron chi connectivity index (χ3n) is 6.31. The van der Waals surface area contributed by atoms with Gasteiger partial charge >= 0.3 is 5.97 Å². The molecule has 2 aliphatic carbocycles. The maximum Gasteiger partial charge on any atom is 0.307 e. The van der Waals surface area contributed by atoms with Crippen LogP contribution in [0.4, 0.5) is 17.5 Å². The van der Waals surface area contributed by atoms with E-state index in [1.807, 2.05) is 24.5 Å². The van der Waals surface area contributed by atoms with Crippen molar-refractivity contribution in [3.63, 3.8) is 0 Å². The highest BCUT2D eigenvalue weighted by molar-refractivity contribution is 5.72. The molecular formula is C24H28N6O3. The van der Waals surface area contributed by atoms with Crippen LogP contribution in [0.2, 0.25) is 0 Å². The number of rotatable bonds is 8. The minimum Gasteiger partial charge on any atom is -0.481 e. The molecule has 0 radical (unpaired) electrons. The molecule has 2 aromatic rings. The predicted molar refractivity (Wildman–Crippen MR) is 125 cm³/mol. The van der Waals surface area contributed by atoms with Crippen LogP contribution < -0.4 is 15.5 Å². The lowest BCUT2D eigenvalue weighted by Gasteiger charge is -2.28. The summed E-state index contributed by atoms with van der Waals surface area (Å²) in [6.45, 7) is 0. The zero-order chi connectivity index (χ0) is 22.8. The number of aliphatic hydroxyl groups is 1. The van der Waals surface area contributed by atoms with Crippen LogP contribution in [0, 0.1) is 0 Å². The SMILES string of the molecule is O=C(O)CC1=CN(c2ccc(N[C@H]3CC[C@H](Nc4ncc(C5CC5)cn4)C3)nc2)C(O)C=C1. The fourth-order valence-electron chi connectivity index (χ4n) is 4.41. The second-order valence-corrected chi connectivity index (χ2v) is 8.97. The van der Waals surface area contributed by atoms with Crippen molar-refractivity contribution in [1.82, 2.24) is 15.0 Å². The van der Waals surface area contributed by atoms with Gasteiger partial charge in [0.2, 0.25) is 5.95 Å². The van der Waals surface area contributed by atoms with E-state index in [1.54, 1.807) is 29.4 Å². The van der Waals surface area contributed by atoms with Gasteiger partial charge in [-0.25, -0.2) is 15.0 Å². The van der Waals surface area contributed by atoms with Crippen LogP contribution in [0.3, 0.4) is 0 Å². The number of pyridine rings is 1. The van der Waals surface area contributed by atoms with Crippen molar-refractivity contribution in [1.29, 1.82) is 0 Å². The van der Waals surface area contributed by atoms with Crippen LogP contribution in [-0.4, -0.2) is 49.4 Å². The molecule has 5 rings (SSSR count). The Morgan fingerprint density at radius 2 is 1.79 bits per heavy atom. The minimum absolute atomic E-state index is 0.0978. The summed E-state index contributed by atoms with van der Waals surface area (Å²) in [5.74, 6) is 1.21. The Morgan fingerprint density at radius 1 is 1.03 bits per heavy atom. The van der Waals surface area contributed by atoms with E-state index in [9.17, 15) is 9.90 Å². The second-order valence-electron chi connectivity index (χ2n) is 8.97. The number of carboxylic acid groups (broad SMARTS) is 1. The molecule has 3 aliphatic rings. The molecule has 2 fully saturated rings. The van der Waals surface area contributed by atoms with E-state index < -0.39 is 12.2 Å². The lowest BCUT2D eigenvalue weighted by molar-refractivity contribution is -0.136. The number of hydrogen-bond acceptors (Lipinski definition) is 8. The van der Waals surface area contributed by atoms with Crippen LogP contribution in [0.1, 0.15) is 50.0 Å². The molecule has 2 saturated carbocycles. The topological polar surface area (TPSA) is 124 Å². The first-order valence-corrected chi connectivity index (χ1v) is 11.4. The monoisotopic (exact) mass is 448 g/mol. The van der Waals surface area contributed by atoms with Crippen LogP contribution in [0.25, 0.3) is 0 Å². The van der Waals surface area contributed by atoms with E-state index in [2.05, 4.69) is 25.6 Å². The molecule has 172 valence electrons. The predicted octanol–water partition coefficient (Wildman–Crippen LogP) is 3.25. The number of hydrogen-bond donors (Lipinski definition) is 4. The quantitative estimate of drug-likeness (QED) is 0.482. The molecule has 9 heteroatoms. The van der Waals surface area contributed by atoms with Crippen molar-refractivity contribution in [2.24, 2.45) is 0 Å². The summed E-state index contributed by atoms with van der Waals surface area (Å²) in [6, 6.07) is 4.37. The fourth-order valence-corrected chi connectivity index (χ4v) is 4.41. The molecule has 0 aromatic carbocycles. The van der Waals surface area contributed by atoms with Gasteiger partial charge in [0.05, 0.1) is 18.3 Å². The van der Waals surface area contributed by atoms with Gasteiger partial charge in [0, 0.05) is 30.7 Å². The van der Waals surface area contributed by atoms with E-state index in [0.717, 1.165) is 25.1 Å². The minimum atomic E-state index is -0.911. The van der Waals surface area contributed by atoms with E-state index >= 15 is 0 Å². The van der Waals surface area contributed by atoms with E-state index in [-0.39, 0.29) is 6.42 Å². The highest BCUT2D eigenvalue weighted by Gasteiger charge is 2.27. The molecule has 9 nitrogen and oxygen atoms in total. The summed E-state index contributed by atoms with van der Waals surface area (Å²) < 4.78 is 0. The standard InChI is InChI=1S/C24H28N6O3/c31-22-8-1-15(9-23(32)33)14-30(22)20-6-7-21(25-13-20)28-18-4-5-19(10-18)29-24-26-11-17(12-27-24)16-2-3-16/h1,6-8,11-14,16,18-19,22,31H,2-5,9-10H2,(H,25,28)(H,32,33)(H,26,27,29)/t18-,19-,22?/m0/s1. The van der Waals surface area contributed by atoms with E-state index in [1.165, 1.54) is 18.4 Å². The highest BCUT2D eigenvalue weighted by Crippen LogP contribution is 2.39. The molecule has 1 unspecified atom stereocenters. The number of aliphatic hydroxyl groups excluding tert-OH is 1. The summed E-state index contributed by atoms with van der Waals surface area (Å²) in [5.41, 5.74) is 2.55. The lowest BCUT2D eigenvalue weighted by atomic mass is 10.1. The normalized spacial score (nSPS) is 24.5. The molecule has 0 amide bonds. The van der Waals surface area contributed by atoms with Crippen molar-refractivity contribution >= 4 is 23.4 Å². The molecule has 4 N–H and O–H groups in total. The summed E-state index contributed by atoms with van der Waals surface area (Å²) in [6.07, 6.45) is 15.0. The number of nitrogens with zero attached hydrogens (tertiary/aromatic N) is 4. The third-order valence-corrected chi connectivity index (χ3v) is 6.31. The van der Waals surface area contributed by atoms with Gasteiger partial charge in [-0.1, -0.05) is 6.08 Å². The molecule has 0 saturated heterocycles. The van der Waals surface area contributed by atoms with Gasteiger partial charge in [0.1, 0.15) is 12.0 Å². The van der Waals surface area contributed by atoms with Crippen molar-refractivity contribution in [2.45, 2.75) is 62.8 Å². The van der Waals surface area contributed by atoms with E-state index in [4.69, 9.17) is 5.11 Å². The van der Waals surface area contributed by atoms with Crippen molar-refractivity contribution in [3.05, 3.63) is 60.2 Å². The lowest BCUT2D eigenvalue weighted by Crippen LogP contribution is -2.31. The Balaban J connectivity index is 1.15. The van der Waals surface area contributed by atoms with Gasteiger partial charge in [-0.05, 0) is 67.4 Å². The summed E-state index contributed by atoms with van der Waals surface area (Å²) in [4.78, 5) is 26.0. The van der Waals surface area contributed by atoms with Gasteiger partial charge in [-0.2, -0.15) is 0 Å². The number of carboxylic acids is 1. The number of anilines is 3. The van der Waals surface area contributed by atoms with Crippen LogP contribution in [0.5, 0.6) is 0 Å². The molecule has 0 bridgehead atoms. The Kier molecular flexibility index (Phi) is 5.95. The van der Waals surface area contributed by atoms with Gasteiger partial charge < -0.3 is 25.7 Å². The van der Waals surface area contributed by atoms with Gasteiger partial charge in [-0.15, -0.1) is 0 Å². The van der Waals surface area contributed by atoms with Crippen LogP contribution >= 0.6 is 0 Å². The number of aliphatic carboxylic acids is 1. The smallest absolute Gasteiger partial charge is 0.307 e. The Morgan fingerprint density at radius 3 is 2.45 bits per heavy atom. The largest absolute Gasteiger partial charge is 0.481 e. The number of aromatic nitrogens is 3. The molecule has 33 heavy (non-hydrogen) atoms. The van der Waals surface area contributed by atoms with Gasteiger partial charge in [-0.3, -0.25) is 4.79 Å². The average molecular weight is 449 g/mol. The Labute approximate surface area is 192 Å². The number of carbonyl (C=O) groups is 1. The summed E-state index contributed by atoms with van der Waals surface area (Å²) in [5, 5.41) is 26.2. The van der Waals surface area contributed by atoms with Crippen LogP contribution in [-0.2, 0) is 4.79 Å². The Bertz CT molecular complexity index is 1050. The first-order valence-electron chi connectivity index (χ1n) is 11.4. The number of nitrogens with one attached hydrogen (secondary N) is 2. The molecule has 1 aliphatic heterocycles. The van der Waals surface area contributed by atoms with E-state index in [0.29, 0.717) is 35.2 Å². The second kappa shape index (κ2) is 9.19. The summed E-state index contributed by atoms with van der Waals surface area (Å²) >= 11 is 0. The zero-order valence-corrected chi connectivity index (χ0v) is 18.3. The first kappa shape index (κ1) is 21.4. The Hall–Kier alpha value is -3.46. The fraction of sp³-hybridized carbons (Fsp3) is 0.417. The van der Waals surface area contributed by atoms with Crippen LogP contribution in [0.15, 0.2) is 54.6 Å². The van der Waals surface area contributed by atoms with Gasteiger partial charge in [0.15, 0.2) is 0 Å². The molecule has 3 atom stereocenters. The maximum absolute atomic E-state index is 11.0. The molecular weight excluding hydrogens is 420 g/mol. The zero-order valence-electron chi connectivity index (χ0n) is 18.3. The van der Waals surface area contributed by atoms with Crippen molar-refractivity contribution < 1.29 is 15.0 Å². The molecule has 0 spiro atoms. The third kappa shape index (κ3) is 5.31. The molecule has 3 heterocycles. The maximum atomic E-state index is 11.0. The average Bonchev–Trinajstić information content (AvgIpc) is 3.57. The van der Waals surface area contributed by atoms with Gasteiger partial charge in [0.25, 0.3) is 0 Å². The molecule has 2 aromatic heterocycles. The van der Waals surface area contributed by atoms with Crippen molar-refractivity contribution in [2.75, 3.05) is 15.5 Å². The highest BCUT2D eigenvalue weighted by atomic mass is 16.4. The first-order chi connectivity index (χ1) is 16.0. The summed E-state index contributed by atoms with van der Waals surface area (Å²) in [7, 11) is 0.